The SMILES string of the molecule is COc1ccccc1CN1CCCC(C#N)C1. The lowest BCUT2D eigenvalue weighted by Crippen LogP contribution is -2.34. The number of rotatable bonds is 3. The summed E-state index contributed by atoms with van der Waals surface area (Å²) >= 11 is 0. The maximum absolute atomic E-state index is 8.97. The highest BCUT2D eigenvalue weighted by Gasteiger charge is 2.20. The number of nitriles is 1. The number of methoxy groups -OCH3 is 1. The average Bonchev–Trinajstić information content (AvgIpc) is 2.39. The number of hydrogen-bond donors (Lipinski definition) is 0. The van der Waals surface area contributed by atoms with Crippen molar-refractivity contribution in [2.75, 3.05) is 20.2 Å². The third kappa shape index (κ3) is 2.98. The van der Waals surface area contributed by atoms with Gasteiger partial charge in [-0.25, -0.2) is 0 Å². The normalized spacial score (nSPS) is 20.8. The first kappa shape index (κ1) is 11.9. The highest BCUT2D eigenvalue weighted by molar-refractivity contribution is 5.33. The first-order valence-corrected chi connectivity index (χ1v) is 6.07. The van der Waals surface area contributed by atoms with Crippen LogP contribution in [0.1, 0.15) is 18.4 Å². The van der Waals surface area contributed by atoms with Crippen molar-refractivity contribution in [1.29, 1.82) is 5.26 Å². The second kappa shape index (κ2) is 5.70. The lowest BCUT2D eigenvalue weighted by molar-refractivity contribution is 0.190. The molecule has 0 aromatic heterocycles. The highest BCUT2D eigenvalue weighted by Crippen LogP contribution is 2.22. The molecule has 0 radical (unpaired) electrons. The smallest absolute Gasteiger partial charge is 0.123 e. The highest BCUT2D eigenvalue weighted by atomic mass is 16.5. The minimum Gasteiger partial charge on any atom is -0.496 e. The van der Waals surface area contributed by atoms with Crippen LogP contribution in [-0.2, 0) is 6.54 Å². The molecule has 0 aliphatic carbocycles. The van der Waals surface area contributed by atoms with Crippen LogP contribution in [0.25, 0.3) is 0 Å². The minimum absolute atomic E-state index is 0.193. The summed E-state index contributed by atoms with van der Waals surface area (Å²) in [6.45, 7) is 2.84. The second-order valence-electron chi connectivity index (χ2n) is 4.52. The number of para-hydroxylation sites is 1. The molecule has 0 spiro atoms. The third-order valence-electron chi connectivity index (χ3n) is 3.27. The molecular weight excluding hydrogens is 212 g/mol. The Labute approximate surface area is 103 Å². The van der Waals surface area contributed by atoms with Gasteiger partial charge in [0.2, 0.25) is 0 Å². The molecule has 1 heterocycles. The van der Waals surface area contributed by atoms with Gasteiger partial charge in [-0.2, -0.15) is 5.26 Å². The van der Waals surface area contributed by atoms with Crippen molar-refractivity contribution in [3.63, 3.8) is 0 Å². The molecule has 1 aliphatic rings. The molecule has 1 saturated heterocycles. The number of piperidine rings is 1. The fourth-order valence-electron chi connectivity index (χ4n) is 2.38. The van der Waals surface area contributed by atoms with E-state index in [2.05, 4.69) is 17.0 Å². The molecular formula is C14H18N2O. The molecule has 17 heavy (non-hydrogen) atoms. The summed E-state index contributed by atoms with van der Waals surface area (Å²) in [6, 6.07) is 10.5. The topological polar surface area (TPSA) is 36.3 Å². The standard InChI is InChI=1S/C14H18N2O/c1-17-14-7-3-2-6-13(14)11-16-8-4-5-12(9-15)10-16/h2-3,6-7,12H,4-5,8,10-11H2,1H3. The summed E-state index contributed by atoms with van der Waals surface area (Å²) in [5.41, 5.74) is 1.20. The van der Waals surface area contributed by atoms with Gasteiger partial charge < -0.3 is 4.74 Å². The van der Waals surface area contributed by atoms with Gasteiger partial charge in [0.25, 0.3) is 0 Å². The lowest BCUT2D eigenvalue weighted by Gasteiger charge is -2.29. The van der Waals surface area contributed by atoms with Crippen LogP contribution in [0.5, 0.6) is 5.75 Å². The summed E-state index contributed by atoms with van der Waals surface area (Å²) < 4.78 is 5.35. The monoisotopic (exact) mass is 230 g/mol. The molecule has 0 bridgehead atoms. The predicted molar refractivity (Wildman–Crippen MR) is 66.6 cm³/mol. The van der Waals surface area contributed by atoms with Crippen molar-refractivity contribution >= 4 is 0 Å². The molecule has 0 saturated carbocycles. The molecule has 0 amide bonds. The van der Waals surface area contributed by atoms with Crippen molar-refractivity contribution < 1.29 is 4.74 Å². The van der Waals surface area contributed by atoms with Crippen molar-refractivity contribution in [3.8, 4) is 11.8 Å². The Hall–Kier alpha value is -1.53. The van der Waals surface area contributed by atoms with E-state index in [4.69, 9.17) is 10.00 Å². The zero-order valence-corrected chi connectivity index (χ0v) is 10.2. The molecule has 3 nitrogen and oxygen atoms in total. The number of hydrogen-bond acceptors (Lipinski definition) is 3. The first-order valence-electron chi connectivity index (χ1n) is 6.07. The van der Waals surface area contributed by atoms with Gasteiger partial charge in [-0.05, 0) is 25.5 Å². The van der Waals surface area contributed by atoms with Crippen LogP contribution in [0, 0.1) is 17.2 Å². The molecule has 1 fully saturated rings. The largest absolute Gasteiger partial charge is 0.496 e. The van der Waals surface area contributed by atoms with E-state index < -0.39 is 0 Å². The van der Waals surface area contributed by atoms with Crippen LogP contribution in [-0.4, -0.2) is 25.1 Å². The maximum Gasteiger partial charge on any atom is 0.123 e. The Morgan fingerprint density at radius 2 is 2.29 bits per heavy atom. The third-order valence-corrected chi connectivity index (χ3v) is 3.27. The van der Waals surface area contributed by atoms with Gasteiger partial charge in [-0.15, -0.1) is 0 Å². The number of likely N-dealkylation sites (tertiary alicyclic amines) is 1. The minimum atomic E-state index is 0.193. The Morgan fingerprint density at radius 1 is 1.47 bits per heavy atom. The van der Waals surface area contributed by atoms with Gasteiger partial charge in [0.15, 0.2) is 0 Å². The van der Waals surface area contributed by atoms with Crippen molar-refractivity contribution in [1.82, 2.24) is 4.90 Å². The second-order valence-corrected chi connectivity index (χ2v) is 4.52. The zero-order chi connectivity index (χ0) is 12.1. The van der Waals surface area contributed by atoms with E-state index in [1.807, 2.05) is 18.2 Å². The number of benzene rings is 1. The van der Waals surface area contributed by atoms with Crippen molar-refractivity contribution in [2.24, 2.45) is 5.92 Å². The van der Waals surface area contributed by atoms with Crippen LogP contribution < -0.4 is 4.74 Å². The molecule has 3 heteroatoms. The average molecular weight is 230 g/mol. The molecule has 90 valence electrons. The van der Waals surface area contributed by atoms with Gasteiger partial charge in [-0.1, -0.05) is 18.2 Å². The van der Waals surface area contributed by atoms with E-state index in [9.17, 15) is 0 Å². The van der Waals surface area contributed by atoms with E-state index in [0.717, 1.165) is 38.2 Å². The molecule has 2 rings (SSSR count). The zero-order valence-electron chi connectivity index (χ0n) is 10.2. The number of ether oxygens (including phenoxy) is 1. The summed E-state index contributed by atoms with van der Waals surface area (Å²) in [6.07, 6.45) is 2.16. The van der Waals surface area contributed by atoms with E-state index in [1.54, 1.807) is 7.11 Å². The van der Waals surface area contributed by atoms with Gasteiger partial charge >= 0.3 is 0 Å². The van der Waals surface area contributed by atoms with E-state index >= 15 is 0 Å². The Bertz CT molecular complexity index is 411. The number of nitrogens with zero attached hydrogens (tertiary/aromatic N) is 2. The van der Waals surface area contributed by atoms with E-state index in [-0.39, 0.29) is 5.92 Å². The van der Waals surface area contributed by atoms with Gasteiger partial charge in [0, 0.05) is 18.7 Å². The fourth-order valence-corrected chi connectivity index (χ4v) is 2.38. The Morgan fingerprint density at radius 3 is 3.06 bits per heavy atom. The van der Waals surface area contributed by atoms with Gasteiger partial charge in [0.1, 0.15) is 5.75 Å². The van der Waals surface area contributed by atoms with Crippen LogP contribution in [0.2, 0.25) is 0 Å². The molecule has 1 aliphatic heterocycles. The lowest BCUT2D eigenvalue weighted by atomic mass is 9.99. The fraction of sp³-hybridized carbons (Fsp3) is 0.500. The van der Waals surface area contributed by atoms with Crippen molar-refractivity contribution in [3.05, 3.63) is 29.8 Å². The van der Waals surface area contributed by atoms with Gasteiger partial charge in [0.05, 0.1) is 19.1 Å². The first-order chi connectivity index (χ1) is 8.33. The quantitative estimate of drug-likeness (QED) is 0.800. The molecule has 1 atom stereocenters. The molecule has 0 N–H and O–H groups in total. The Balaban J connectivity index is 2.03. The van der Waals surface area contributed by atoms with E-state index in [0.29, 0.717) is 0 Å². The summed E-state index contributed by atoms with van der Waals surface area (Å²) in [7, 11) is 1.70. The van der Waals surface area contributed by atoms with Crippen molar-refractivity contribution in [2.45, 2.75) is 19.4 Å². The molecule has 1 unspecified atom stereocenters. The summed E-state index contributed by atoms with van der Waals surface area (Å²) in [4.78, 5) is 2.34. The van der Waals surface area contributed by atoms with Crippen LogP contribution in [0.3, 0.4) is 0 Å². The molecule has 1 aromatic rings. The van der Waals surface area contributed by atoms with Crippen LogP contribution in [0.4, 0.5) is 0 Å². The summed E-state index contributed by atoms with van der Waals surface area (Å²) in [5.74, 6) is 1.13. The van der Waals surface area contributed by atoms with E-state index in [1.165, 1.54) is 5.56 Å². The van der Waals surface area contributed by atoms with Crippen LogP contribution in [0.15, 0.2) is 24.3 Å². The Kier molecular flexibility index (Phi) is 4.00. The summed E-state index contributed by atoms with van der Waals surface area (Å²) in [5, 5.41) is 8.97. The predicted octanol–water partition coefficient (Wildman–Crippen LogP) is 2.43. The van der Waals surface area contributed by atoms with Crippen LogP contribution >= 0.6 is 0 Å². The van der Waals surface area contributed by atoms with Gasteiger partial charge in [-0.3, -0.25) is 4.90 Å². The maximum atomic E-state index is 8.97. The molecule has 1 aromatic carbocycles.